The van der Waals surface area contributed by atoms with Gasteiger partial charge in [-0.05, 0) is 30.7 Å². The minimum absolute atomic E-state index is 0.0846. The third kappa shape index (κ3) is 4.85. The van der Waals surface area contributed by atoms with Crippen LogP contribution in [0.25, 0.3) is 11.0 Å². The van der Waals surface area contributed by atoms with Crippen LogP contribution in [0.5, 0.6) is 0 Å². The molecule has 136 valence electrons. The van der Waals surface area contributed by atoms with Crippen LogP contribution >= 0.6 is 0 Å². The first-order valence-corrected chi connectivity index (χ1v) is 8.43. The van der Waals surface area contributed by atoms with E-state index in [-0.39, 0.29) is 18.5 Å². The number of hydrogen-bond donors (Lipinski definition) is 3. The van der Waals surface area contributed by atoms with E-state index in [2.05, 4.69) is 25.5 Å². The molecule has 3 amide bonds. The van der Waals surface area contributed by atoms with Gasteiger partial charge in [0.2, 0.25) is 5.91 Å². The van der Waals surface area contributed by atoms with Crippen LogP contribution in [-0.4, -0.2) is 34.6 Å². The molecule has 0 aliphatic carbocycles. The van der Waals surface area contributed by atoms with Crippen molar-refractivity contribution in [3.05, 3.63) is 54.7 Å². The van der Waals surface area contributed by atoms with Crippen molar-refractivity contribution < 1.29 is 14.0 Å². The Kier molecular flexibility index (Phi) is 5.87. The van der Waals surface area contributed by atoms with Crippen LogP contribution in [0.2, 0.25) is 0 Å². The number of nitrogens with one attached hydrogen (secondary N) is 3. The molecule has 2 heterocycles. The predicted molar refractivity (Wildman–Crippen MR) is 96.3 cm³/mol. The highest BCUT2D eigenvalue weighted by Crippen LogP contribution is 2.11. The highest BCUT2D eigenvalue weighted by molar-refractivity contribution is 5.83. The summed E-state index contributed by atoms with van der Waals surface area (Å²) in [5, 5.41) is 7.92. The van der Waals surface area contributed by atoms with E-state index < -0.39 is 0 Å². The van der Waals surface area contributed by atoms with Gasteiger partial charge in [-0.1, -0.05) is 12.1 Å². The summed E-state index contributed by atoms with van der Waals surface area (Å²) in [6.45, 7) is 1.48. The molecule has 8 nitrogen and oxygen atoms in total. The summed E-state index contributed by atoms with van der Waals surface area (Å²) in [4.78, 5) is 27.7. The number of urea groups is 1. The zero-order chi connectivity index (χ0) is 18.2. The normalized spacial score (nSPS) is 10.6. The number of carbonyl (C=O) groups is 2. The lowest BCUT2D eigenvalue weighted by atomic mass is 10.3. The summed E-state index contributed by atoms with van der Waals surface area (Å²) in [5.41, 5.74) is 2.03. The molecule has 0 aliphatic heterocycles. The standard InChI is InChI=1S/C18H21N5O3/c24-17(20-11-14-5-3-10-26-14)12-21-18(25)19-8-4-9-23-13-22-15-6-1-2-7-16(15)23/h1-3,5-7,10,13H,4,8-9,11-12H2,(H,20,24)(H2,19,21,25). The van der Waals surface area contributed by atoms with Gasteiger partial charge in [-0.2, -0.15) is 0 Å². The molecule has 3 aromatic rings. The quantitative estimate of drug-likeness (QED) is 0.535. The van der Waals surface area contributed by atoms with Gasteiger partial charge < -0.3 is 24.9 Å². The van der Waals surface area contributed by atoms with Crippen LogP contribution < -0.4 is 16.0 Å². The fraction of sp³-hybridized carbons (Fsp3) is 0.278. The van der Waals surface area contributed by atoms with Gasteiger partial charge in [0.15, 0.2) is 0 Å². The number of para-hydroxylation sites is 2. The second kappa shape index (κ2) is 8.70. The van der Waals surface area contributed by atoms with Crippen molar-refractivity contribution in [1.82, 2.24) is 25.5 Å². The summed E-state index contributed by atoms with van der Waals surface area (Å²) >= 11 is 0. The summed E-state index contributed by atoms with van der Waals surface area (Å²) in [6.07, 6.45) is 4.10. The SMILES string of the molecule is O=C(CNC(=O)NCCCn1cnc2ccccc21)NCc1ccco1. The molecule has 8 heteroatoms. The molecule has 0 spiro atoms. The number of fused-ring (bicyclic) bond motifs is 1. The lowest BCUT2D eigenvalue weighted by Gasteiger charge is -2.08. The Labute approximate surface area is 150 Å². The van der Waals surface area contributed by atoms with Gasteiger partial charge in [0.25, 0.3) is 0 Å². The largest absolute Gasteiger partial charge is 0.467 e. The van der Waals surface area contributed by atoms with Gasteiger partial charge in [0.1, 0.15) is 5.76 Å². The van der Waals surface area contributed by atoms with Crippen molar-refractivity contribution in [2.24, 2.45) is 0 Å². The molecule has 2 aromatic heterocycles. The minimum Gasteiger partial charge on any atom is -0.467 e. The smallest absolute Gasteiger partial charge is 0.315 e. The fourth-order valence-electron chi connectivity index (χ4n) is 2.52. The topological polar surface area (TPSA) is 101 Å². The molecule has 0 aliphatic rings. The maximum absolute atomic E-state index is 11.7. The molecule has 0 bridgehead atoms. The van der Waals surface area contributed by atoms with Crippen molar-refractivity contribution in [3.63, 3.8) is 0 Å². The third-order valence-corrected chi connectivity index (χ3v) is 3.84. The minimum atomic E-state index is -0.367. The number of amides is 3. The Morgan fingerprint density at radius 3 is 2.81 bits per heavy atom. The number of benzene rings is 1. The Hall–Kier alpha value is -3.29. The molecule has 0 radical (unpaired) electrons. The molecular formula is C18H21N5O3. The Morgan fingerprint density at radius 2 is 1.96 bits per heavy atom. The molecular weight excluding hydrogens is 334 g/mol. The summed E-state index contributed by atoms with van der Waals surface area (Å²) < 4.78 is 7.16. The van der Waals surface area contributed by atoms with E-state index in [1.54, 1.807) is 24.7 Å². The zero-order valence-electron chi connectivity index (χ0n) is 14.3. The lowest BCUT2D eigenvalue weighted by Crippen LogP contribution is -2.42. The first-order valence-electron chi connectivity index (χ1n) is 8.43. The molecule has 3 rings (SSSR count). The molecule has 3 N–H and O–H groups in total. The van der Waals surface area contributed by atoms with Gasteiger partial charge in [-0.15, -0.1) is 0 Å². The van der Waals surface area contributed by atoms with Gasteiger partial charge in [0, 0.05) is 13.1 Å². The van der Waals surface area contributed by atoms with Crippen LogP contribution in [0.4, 0.5) is 4.79 Å². The molecule has 0 saturated carbocycles. The summed E-state index contributed by atoms with van der Waals surface area (Å²) in [6, 6.07) is 11.1. The number of rotatable bonds is 8. The van der Waals surface area contributed by atoms with Crippen LogP contribution in [0.3, 0.4) is 0 Å². The monoisotopic (exact) mass is 355 g/mol. The first-order chi connectivity index (χ1) is 12.7. The van der Waals surface area contributed by atoms with Crippen molar-refractivity contribution >= 4 is 23.0 Å². The number of carbonyl (C=O) groups excluding carboxylic acids is 2. The van der Waals surface area contributed by atoms with E-state index in [4.69, 9.17) is 4.42 Å². The maximum Gasteiger partial charge on any atom is 0.315 e. The number of aryl methyl sites for hydroxylation is 1. The van der Waals surface area contributed by atoms with Crippen LogP contribution in [0.1, 0.15) is 12.2 Å². The van der Waals surface area contributed by atoms with Gasteiger partial charge in [-0.3, -0.25) is 4.79 Å². The Morgan fingerprint density at radius 1 is 1.08 bits per heavy atom. The number of imidazole rings is 1. The number of hydrogen-bond acceptors (Lipinski definition) is 4. The highest BCUT2D eigenvalue weighted by atomic mass is 16.3. The summed E-state index contributed by atoms with van der Waals surface area (Å²) in [7, 11) is 0. The van der Waals surface area contributed by atoms with Gasteiger partial charge >= 0.3 is 6.03 Å². The van der Waals surface area contributed by atoms with Crippen molar-refractivity contribution in [2.45, 2.75) is 19.5 Å². The van der Waals surface area contributed by atoms with E-state index in [1.165, 1.54) is 0 Å². The third-order valence-electron chi connectivity index (χ3n) is 3.84. The number of aromatic nitrogens is 2. The Balaban J connectivity index is 1.30. The number of nitrogens with zero attached hydrogens (tertiary/aromatic N) is 2. The summed E-state index contributed by atoms with van der Waals surface area (Å²) in [5.74, 6) is 0.385. The first kappa shape index (κ1) is 17.5. The highest BCUT2D eigenvalue weighted by Gasteiger charge is 2.06. The molecule has 0 fully saturated rings. The molecule has 0 atom stereocenters. The fourth-order valence-corrected chi connectivity index (χ4v) is 2.52. The second-order valence-corrected chi connectivity index (χ2v) is 5.75. The lowest BCUT2D eigenvalue weighted by molar-refractivity contribution is -0.120. The maximum atomic E-state index is 11.7. The second-order valence-electron chi connectivity index (χ2n) is 5.75. The van der Waals surface area contributed by atoms with Crippen molar-refractivity contribution in [1.29, 1.82) is 0 Å². The van der Waals surface area contributed by atoms with Crippen LogP contribution in [-0.2, 0) is 17.9 Å². The number of furan rings is 1. The van der Waals surface area contributed by atoms with E-state index in [9.17, 15) is 9.59 Å². The van der Waals surface area contributed by atoms with Crippen molar-refractivity contribution in [3.8, 4) is 0 Å². The van der Waals surface area contributed by atoms with Crippen LogP contribution in [0.15, 0.2) is 53.4 Å². The van der Waals surface area contributed by atoms with Crippen LogP contribution in [0, 0.1) is 0 Å². The molecule has 0 saturated heterocycles. The molecule has 1 aromatic carbocycles. The Bertz CT molecular complexity index is 857. The average molecular weight is 355 g/mol. The van der Waals surface area contributed by atoms with E-state index in [0.717, 1.165) is 24.0 Å². The van der Waals surface area contributed by atoms with E-state index in [1.807, 2.05) is 24.3 Å². The van der Waals surface area contributed by atoms with E-state index in [0.29, 0.717) is 18.8 Å². The molecule has 0 unspecified atom stereocenters. The molecule has 26 heavy (non-hydrogen) atoms. The van der Waals surface area contributed by atoms with Gasteiger partial charge in [-0.25, -0.2) is 9.78 Å². The van der Waals surface area contributed by atoms with Gasteiger partial charge in [0.05, 0.1) is 36.7 Å². The zero-order valence-corrected chi connectivity index (χ0v) is 14.3. The van der Waals surface area contributed by atoms with Crippen molar-refractivity contribution in [2.75, 3.05) is 13.1 Å². The average Bonchev–Trinajstić information content (AvgIpc) is 3.32. The van der Waals surface area contributed by atoms with E-state index >= 15 is 0 Å². The predicted octanol–water partition coefficient (Wildman–Crippen LogP) is 1.63.